The third-order valence-corrected chi connectivity index (χ3v) is 5.07. The molecule has 20 heavy (non-hydrogen) atoms. The number of nitrogens with one attached hydrogen (secondary N) is 1. The number of halogens is 1. The van der Waals surface area contributed by atoms with Crippen LogP contribution in [0.4, 0.5) is 5.13 Å². The first-order valence-corrected chi connectivity index (χ1v) is 8.91. The van der Waals surface area contributed by atoms with E-state index in [0.717, 1.165) is 17.8 Å². The Morgan fingerprint density at radius 2 is 2.05 bits per heavy atom. The summed E-state index contributed by atoms with van der Waals surface area (Å²) in [6, 6.07) is 6.86. The van der Waals surface area contributed by atoms with Crippen LogP contribution in [-0.2, 0) is 22.2 Å². The third-order valence-electron chi connectivity index (χ3n) is 2.48. The molecule has 0 spiro atoms. The number of rotatable bonds is 6. The van der Waals surface area contributed by atoms with Crippen LogP contribution >= 0.6 is 22.9 Å². The Balaban J connectivity index is 2.09. The number of sulfonamides is 1. The van der Waals surface area contributed by atoms with Gasteiger partial charge in [0, 0.05) is 11.4 Å². The maximum atomic E-state index is 12.1. The molecule has 0 unspecified atom stereocenters. The van der Waals surface area contributed by atoms with E-state index in [1.165, 1.54) is 11.3 Å². The highest BCUT2D eigenvalue weighted by atomic mass is 35.5. The number of hydrogen-bond donors (Lipinski definition) is 1. The van der Waals surface area contributed by atoms with Gasteiger partial charge in [-0.3, -0.25) is 4.72 Å². The lowest BCUT2D eigenvalue weighted by molar-refractivity contribution is 0.600. The summed E-state index contributed by atoms with van der Waals surface area (Å²) in [7, 11) is -3.54. The maximum Gasteiger partial charge on any atom is 0.238 e. The number of anilines is 1. The summed E-state index contributed by atoms with van der Waals surface area (Å²) in [5, 5.41) is 9.31. The van der Waals surface area contributed by atoms with Crippen molar-refractivity contribution in [2.24, 2.45) is 0 Å². The fourth-order valence-electron chi connectivity index (χ4n) is 1.60. The topological polar surface area (TPSA) is 72.0 Å². The number of aryl methyl sites for hydroxylation is 1. The largest absolute Gasteiger partial charge is 0.257 e. The standard InChI is InChI=1S/C12H14ClN3O2S2/c1-2-5-11-14-15-12(19-11)16-20(17,18)8-9-6-3-4-7-10(9)13/h3-4,6-7H,2,5,8H2,1H3,(H,15,16). The second-order valence-corrected chi connectivity index (χ2v) is 7.40. The van der Waals surface area contributed by atoms with Crippen LogP contribution in [0.15, 0.2) is 24.3 Å². The van der Waals surface area contributed by atoms with Crippen molar-refractivity contribution in [1.29, 1.82) is 0 Å². The molecular formula is C12H14ClN3O2S2. The van der Waals surface area contributed by atoms with Gasteiger partial charge in [0.05, 0.1) is 5.75 Å². The Kier molecular flexibility index (Phi) is 4.95. The van der Waals surface area contributed by atoms with E-state index in [2.05, 4.69) is 14.9 Å². The average Bonchev–Trinajstić information content (AvgIpc) is 2.79. The first kappa shape index (κ1) is 15.2. The van der Waals surface area contributed by atoms with Gasteiger partial charge in [-0.2, -0.15) is 0 Å². The minimum atomic E-state index is -3.54. The predicted molar refractivity (Wildman–Crippen MR) is 81.6 cm³/mol. The average molecular weight is 332 g/mol. The lowest BCUT2D eigenvalue weighted by Gasteiger charge is -2.06. The van der Waals surface area contributed by atoms with Gasteiger partial charge in [-0.05, 0) is 18.1 Å². The Morgan fingerprint density at radius 1 is 1.30 bits per heavy atom. The summed E-state index contributed by atoms with van der Waals surface area (Å²) in [6.07, 6.45) is 1.74. The Labute approximate surface area is 127 Å². The van der Waals surface area contributed by atoms with Crippen LogP contribution in [0, 0.1) is 0 Å². The van der Waals surface area contributed by atoms with E-state index >= 15 is 0 Å². The molecule has 8 heteroatoms. The van der Waals surface area contributed by atoms with Crippen LogP contribution in [0.2, 0.25) is 5.02 Å². The minimum Gasteiger partial charge on any atom is -0.257 e. The monoisotopic (exact) mass is 331 g/mol. The summed E-state index contributed by atoms with van der Waals surface area (Å²) in [5.74, 6) is -0.185. The van der Waals surface area contributed by atoms with Crippen molar-refractivity contribution in [1.82, 2.24) is 10.2 Å². The number of nitrogens with zero attached hydrogens (tertiary/aromatic N) is 2. The summed E-state index contributed by atoms with van der Waals surface area (Å²) in [4.78, 5) is 0. The molecule has 0 radical (unpaired) electrons. The molecule has 0 atom stereocenters. The molecule has 2 rings (SSSR count). The van der Waals surface area contributed by atoms with Crippen molar-refractivity contribution in [2.75, 3.05) is 4.72 Å². The van der Waals surface area contributed by atoms with E-state index in [-0.39, 0.29) is 5.75 Å². The highest BCUT2D eigenvalue weighted by Crippen LogP contribution is 2.21. The summed E-state index contributed by atoms with van der Waals surface area (Å²) < 4.78 is 26.5. The molecule has 0 saturated carbocycles. The molecule has 0 saturated heterocycles. The zero-order valence-corrected chi connectivity index (χ0v) is 13.2. The van der Waals surface area contributed by atoms with E-state index in [4.69, 9.17) is 11.6 Å². The number of benzene rings is 1. The van der Waals surface area contributed by atoms with Gasteiger partial charge >= 0.3 is 0 Å². The van der Waals surface area contributed by atoms with Crippen molar-refractivity contribution >= 4 is 38.1 Å². The Hall–Kier alpha value is -1.18. The summed E-state index contributed by atoms with van der Waals surface area (Å²) >= 11 is 7.21. The number of aromatic nitrogens is 2. The van der Waals surface area contributed by atoms with Crippen LogP contribution in [0.3, 0.4) is 0 Å². The molecule has 1 aromatic carbocycles. The van der Waals surface area contributed by atoms with Gasteiger partial charge in [-0.25, -0.2) is 8.42 Å². The lowest BCUT2D eigenvalue weighted by atomic mass is 10.2. The highest BCUT2D eigenvalue weighted by molar-refractivity contribution is 7.92. The normalized spacial score (nSPS) is 11.5. The second kappa shape index (κ2) is 6.51. The second-order valence-electron chi connectivity index (χ2n) is 4.20. The van der Waals surface area contributed by atoms with Gasteiger partial charge in [0.15, 0.2) is 0 Å². The molecule has 0 aliphatic carbocycles. The van der Waals surface area contributed by atoms with Gasteiger partial charge in [0.1, 0.15) is 5.01 Å². The molecule has 0 aliphatic rings. The predicted octanol–water partition coefficient (Wildman–Crippen LogP) is 3.09. The van der Waals surface area contributed by atoms with Gasteiger partial charge in [-0.1, -0.05) is 48.1 Å². The summed E-state index contributed by atoms with van der Waals surface area (Å²) in [5.41, 5.74) is 0.556. The first-order valence-electron chi connectivity index (χ1n) is 6.06. The molecule has 1 aromatic heterocycles. The van der Waals surface area contributed by atoms with Gasteiger partial charge < -0.3 is 0 Å². The first-order chi connectivity index (χ1) is 9.50. The van der Waals surface area contributed by atoms with E-state index in [9.17, 15) is 8.42 Å². The highest BCUT2D eigenvalue weighted by Gasteiger charge is 2.16. The molecule has 1 heterocycles. The van der Waals surface area contributed by atoms with Crippen LogP contribution in [0.5, 0.6) is 0 Å². The van der Waals surface area contributed by atoms with Crippen molar-refractivity contribution in [3.8, 4) is 0 Å². The molecular weight excluding hydrogens is 318 g/mol. The molecule has 0 aliphatic heterocycles. The molecule has 0 fully saturated rings. The quantitative estimate of drug-likeness (QED) is 0.882. The fourth-order valence-corrected chi connectivity index (χ4v) is 4.16. The van der Waals surface area contributed by atoms with Crippen LogP contribution in [0.25, 0.3) is 0 Å². The van der Waals surface area contributed by atoms with Crippen molar-refractivity contribution in [3.05, 3.63) is 39.9 Å². The molecule has 5 nitrogen and oxygen atoms in total. The molecule has 0 bridgehead atoms. The van der Waals surface area contributed by atoms with Crippen molar-refractivity contribution < 1.29 is 8.42 Å². The van der Waals surface area contributed by atoms with E-state index < -0.39 is 10.0 Å². The zero-order valence-electron chi connectivity index (χ0n) is 10.8. The van der Waals surface area contributed by atoms with E-state index in [1.807, 2.05) is 6.92 Å². The maximum absolute atomic E-state index is 12.1. The molecule has 108 valence electrons. The van der Waals surface area contributed by atoms with Gasteiger partial charge in [0.2, 0.25) is 15.2 Å². The van der Waals surface area contributed by atoms with Crippen molar-refractivity contribution in [3.63, 3.8) is 0 Å². The summed E-state index contributed by atoms with van der Waals surface area (Å²) in [6.45, 7) is 2.03. The van der Waals surface area contributed by atoms with Gasteiger partial charge in [-0.15, -0.1) is 10.2 Å². The molecule has 2 aromatic rings. The Bertz CT molecular complexity index is 686. The SMILES string of the molecule is CCCc1nnc(NS(=O)(=O)Cc2ccccc2Cl)s1. The lowest BCUT2D eigenvalue weighted by Crippen LogP contribution is -2.15. The third kappa shape index (κ3) is 4.16. The van der Waals surface area contributed by atoms with E-state index in [1.54, 1.807) is 24.3 Å². The Morgan fingerprint density at radius 3 is 2.75 bits per heavy atom. The fraction of sp³-hybridized carbons (Fsp3) is 0.333. The molecule has 1 N–H and O–H groups in total. The molecule has 0 amide bonds. The number of hydrogen-bond acceptors (Lipinski definition) is 5. The zero-order chi connectivity index (χ0) is 14.6. The van der Waals surface area contributed by atoms with E-state index in [0.29, 0.717) is 15.7 Å². The van der Waals surface area contributed by atoms with Crippen LogP contribution in [0.1, 0.15) is 23.9 Å². The van der Waals surface area contributed by atoms with Crippen LogP contribution < -0.4 is 4.72 Å². The van der Waals surface area contributed by atoms with Gasteiger partial charge in [0.25, 0.3) is 0 Å². The smallest absolute Gasteiger partial charge is 0.238 e. The minimum absolute atomic E-state index is 0.185. The van der Waals surface area contributed by atoms with Crippen molar-refractivity contribution in [2.45, 2.75) is 25.5 Å². The van der Waals surface area contributed by atoms with Crippen LogP contribution in [-0.4, -0.2) is 18.6 Å².